The normalized spacial score (nSPS) is 18.2. The number of carbonyl (C=O) groups is 2. The molecular weight excluding hydrogens is 170 g/mol. The van der Waals surface area contributed by atoms with Gasteiger partial charge >= 0.3 is 11.9 Å². The first-order chi connectivity index (χ1) is 6.20. The van der Waals surface area contributed by atoms with Crippen LogP contribution in [0.2, 0.25) is 0 Å². The topological polar surface area (TPSA) is 66.4 Å². The third-order valence-corrected chi connectivity index (χ3v) is 2.47. The molecule has 0 heterocycles. The number of hydrogen-bond acceptors (Lipinski definition) is 2. The molecule has 1 aliphatic rings. The Balaban J connectivity index is 2.17. The minimum atomic E-state index is -1.39. The van der Waals surface area contributed by atoms with Gasteiger partial charge in [-0.05, 0) is 18.8 Å². The van der Waals surface area contributed by atoms with Crippen LogP contribution in [-0.4, -0.2) is 23.5 Å². The minimum absolute atomic E-state index is 0.483. The van der Waals surface area contributed by atoms with E-state index in [1.165, 1.54) is 19.3 Å². The summed E-state index contributed by atoms with van der Waals surface area (Å²) in [7, 11) is 0. The number of hydrogen-bond donors (Lipinski definition) is 2. The van der Waals surface area contributed by atoms with Gasteiger partial charge in [-0.1, -0.05) is 19.3 Å². The second kappa shape index (κ2) is 4.84. The molecule has 0 aromatic rings. The summed E-state index contributed by atoms with van der Waals surface area (Å²) in [5, 5.41) is 10.7. The van der Waals surface area contributed by atoms with E-state index in [1.54, 1.807) is 0 Å². The van der Waals surface area contributed by atoms with Crippen molar-refractivity contribution in [3.63, 3.8) is 0 Å². The van der Waals surface area contributed by atoms with Crippen LogP contribution < -0.4 is 5.32 Å². The van der Waals surface area contributed by atoms with E-state index in [1.807, 2.05) is 0 Å². The van der Waals surface area contributed by atoms with Crippen LogP contribution in [0.15, 0.2) is 0 Å². The van der Waals surface area contributed by atoms with Crippen molar-refractivity contribution in [2.45, 2.75) is 32.1 Å². The van der Waals surface area contributed by atoms with Crippen LogP contribution >= 0.6 is 0 Å². The van der Waals surface area contributed by atoms with Gasteiger partial charge in [0, 0.05) is 6.54 Å². The van der Waals surface area contributed by atoms with Crippen molar-refractivity contribution in [1.29, 1.82) is 0 Å². The number of carbonyl (C=O) groups excluding carboxylic acids is 1. The van der Waals surface area contributed by atoms with Gasteiger partial charge in [0.1, 0.15) is 0 Å². The molecule has 4 nitrogen and oxygen atoms in total. The van der Waals surface area contributed by atoms with E-state index in [0.29, 0.717) is 12.5 Å². The first kappa shape index (κ1) is 10.0. The lowest BCUT2D eigenvalue weighted by Gasteiger charge is -2.21. The van der Waals surface area contributed by atoms with Crippen LogP contribution in [0.3, 0.4) is 0 Å². The molecule has 0 aliphatic heterocycles. The molecule has 2 N–H and O–H groups in total. The zero-order valence-electron chi connectivity index (χ0n) is 7.58. The van der Waals surface area contributed by atoms with Gasteiger partial charge in [-0.2, -0.15) is 0 Å². The fraction of sp³-hybridized carbons (Fsp3) is 0.778. The molecule has 1 saturated carbocycles. The Bertz CT molecular complexity index is 197. The van der Waals surface area contributed by atoms with Crippen LogP contribution in [0.25, 0.3) is 0 Å². The van der Waals surface area contributed by atoms with Crippen LogP contribution in [-0.2, 0) is 9.59 Å². The van der Waals surface area contributed by atoms with E-state index in [2.05, 4.69) is 5.32 Å². The highest BCUT2D eigenvalue weighted by Gasteiger charge is 2.16. The van der Waals surface area contributed by atoms with E-state index >= 15 is 0 Å². The average molecular weight is 185 g/mol. The Morgan fingerprint density at radius 1 is 1.23 bits per heavy atom. The second-order valence-electron chi connectivity index (χ2n) is 3.52. The molecule has 4 heteroatoms. The summed E-state index contributed by atoms with van der Waals surface area (Å²) in [5.74, 6) is -1.79. The van der Waals surface area contributed by atoms with E-state index in [9.17, 15) is 9.59 Å². The Morgan fingerprint density at radius 2 is 1.85 bits per heavy atom. The van der Waals surface area contributed by atoms with Gasteiger partial charge in [-0.3, -0.25) is 4.79 Å². The van der Waals surface area contributed by atoms with Crippen molar-refractivity contribution in [3.8, 4) is 0 Å². The number of aliphatic carboxylic acids is 1. The summed E-state index contributed by atoms with van der Waals surface area (Å²) in [6, 6.07) is 0. The molecule has 74 valence electrons. The van der Waals surface area contributed by atoms with Gasteiger partial charge in [-0.25, -0.2) is 4.79 Å². The molecule has 0 atom stereocenters. The predicted molar refractivity (Wildman–Crippen MR) is 47.2 cm³/mol. The fourth-order valence-electron chi connectivity index (χ4n) is 1.70. The van der Waals surface area contributed by atoms with E-state index < -0.39 is 11.9 Å². The molecule has 1 fully saturated rings. The smallest absolute Gasteiger partial charge is 0.394 e. The quantitative estimate of drug-likeness (QED) is 0.624. The maximum absolute atomic E-state index is 10.7. The molecule has 13 heavy (non-hydrogen) atoms. The lowest BCUT2D eigenvalue weighted by atomic mass is 9.89. The van der Waals surface area contributed by atoms with Crippen molar-refractivity contribution in [3.05, 3.63) is 0 Å². The first-order valence-corrected chi connectivity index (χ1v) is 4.71. The van der Waals surface area contributed by atoms with Gasteiger partial charge in [-0.15, -0.1) is 0 Å². The highest BCUT2D eigenvalue weighted by Crippen LogP contribution is 2.22. The maximum atomic E-state index is 10.7. The Labute approximate surface area is 77.3 Å². The van der Waals surface area contributed by atoms with Gasteiger partial charge < -0.3 is 10.4 Å². The van der Waals surface area contributed by atoms with Gasteiger partial charge in [0.15, 0.2) is 0 Å². The maximum Gasteiger partial charge on any atom is 0.394 e. The third kappa shape index (κ3) is 3.44. The van der Waals surface area contributed by atoms with E-state index in [0.717, 1.165) is 12.8 Å². The van der Waals surface area contributed by atoms with Crippen molar-refractivity contribution in [1.82, 2.24) is 5.32 Å². The van der Waals surface area contributed by atoms with Crippen molar-refractivity contribution >= 4 is 11.9 Å². The van der Waals surface area contributed by atoms with Gasteiger partial charge in [0.25, 0.3) is 0 Å². The molecule has 0 unspecified atom stereocenters. The molecule has 0 saturated heterocycles. The van der Waals surface area contributed by atoms with Crippen LogP contribution in [0.5, 0.6) is 0 Å². The third-order valence-electron chi connectivity index (χ3n) is 2.47. The second-order valence-corrected chi connectivity index (χ2v) is 3.52. The summed E-state index contributed by atoms with van der Waals surface area (Å²) >= 11 is 0. The average Bonchev–Trinajstić information content (AvgIpc) is 2.15. The van der Waals surface area contributed by atoms with Crippen molar-refractivity contribution < 1.29 is 14.7 Å². The van der Waals surface area contributed by atoms with Crippen LogP contribution in [0.4, 0.5) is 0 Å². The zero-order chi connectivity index (χ0) is 9.68. The SMILES string of the molecule is O=C(O)C(=O)NCC1CCCCC1. The number of carboxylic acid groups (broad SMARTS) is 1. The molecule has 1 aliphatic carbocycles. The molecule has 1 rings (SSSR count). The van der Waals surface area contributed by atoms with Gasteiger partial charge in [0.2, 0.25) is 0 Å². The summed E-state index contributed by atoms with van der Waals surface area (Å²) in [6.45, 7) is 0.519. The van der Waals surface area contributed by atoms with Crippen molar-refractivity contribution in [2.24, 2.45) is 5.92 Å². The van der Waals surface area contributed by atoms with Crippen LogP contribution in [0.1, 0.15) is 32.1 Å². The lowest BCUT2D eigenvalue weighted by Crippen LogP contribution is -2.35. The summed E-state index contributed by atoms with van der Waals surface area (Å²) in [4.78, 5) is 20.8. The summed E-state index contributed by atoms with van der Waals surface area (Å²) < 4.78 is 0. The minimum Gasteiger partial charge on any atom is -0.474 e. The molecule has 0 aromatic carbocycles. The molecule has 1 amide bonds. The number of rotatable bonds is 2. The Hall–Kier alpha value is -1.06. The highest BCUT2D eigenvalue weighted by atomic mass is 16.4. The zero-order valence-corrected chi connectivity index (χ0v) is 7.58. The van der Waals surface area contributed by atoms with E-state index in [4.69, 9.17) is 5.11 Å². The number of amides is 1. The largest absolute Gasteiger partial charge is 0.474 e. The standard InChI is InChI=1S/C9H15NO3/c11-8(9(12)13)10-6-7-4-2-1-3-5-7/h7H,1-6H2,(H,10,11)(H,12,13). The number of nitrogens with one attached hydrogen (secondary N) is 1. The molecule has 0 radical (unpaired) electrons. The Kier molecular flexibility index (Phi) is 3.73. The highest BCUT2D eigenvalue weighted by molar-refractivity contribution is 6.31. The predicted octanol–water partition coefficient (Wildman–Crippen LogP) is 0.767. The number of carboxylic acids is 1. The van der Waals surface area contributed by atoms with Crippen LogP contribution in [0, 0.1) is 5.92 Å². The first-order valence-electron chi connectivity index (χ1n) is 4.71. The monoisotopic (exact) mass is 185 g/mol. The van der Waals surface area contributed by atoms with Crippen molar-refractivity contribution in [2.75, 3.05) is 6.54 Å². The summed E-state index contributed by atoms with van der Waals surface area (Å²) in [6.07, 6.45) is 5.89. The van der Waals surface area contributed by atoms with E-state index in [-0.39, 0.29) is 0 Å². The molecule has 0 spiro atoms. The van der Waals surface area contributed by atoms with Gasteiger partial charge in [0.05, 0.1) is 0 Å². The summed E-state index contributed by atoms with van der Waals surface area (Å²) in [5.41, 5.74) is 0. The lowest BCUT2D eigenvalue weighted by molar-refractivity contribution is -0.150. The Morgan fingerprint density at radius 3 is 2.38 bits per heavy atom. The molecule has 0 bridgehead atoms. The molecule has 0 aromatic heterocycles. The fourth-order valence-corrected chi connectivity index (χ4v) is 1.70. The molecular formula is C9H15NO3.